The Morgan fingerprint density at radius 2 is 2.16 bits per heavy atom. The van der Waals surface area contributed by atoms with Gasteiger partial charge in [-0.25, -0.2) is 0 Å². The largest absolute Gasteiger partial charge is 0.467 e. The lowest BCUT2D eigenvalue weighted by Gasteiger charge is -2.22. The van der Waals surface area contributed by atoms with Gasteiger partial charge >= 0.3 is 0 Å². The Hall–Kier alpha value is -1.26. The first kappa shape index (κ1) is 14.2. The summed E-state index contributed by atoms with van der Waals surface area (Å²) in [4.78, 5) is 2.21. The number of rotatable bonds is 6. The summed E-state index contributed by atoms with van der Waals surface area (Å²) >= 11 is 3.53. The van der Waals surface area contributed by atoms with Crippen LogP contribution in [-0.2, 0) is 13.1 Å². The summed E-state index contributed by atoms with van der Waals surface area (Å²) < 4.78 is 6.51. The van der Waals surface area contributed by atoms with E-state index in [2.05, 4.69) is 58.3 Å². The van der Waals surface area contributed by atoms with Crippen LogP contribution < -0.4 is 10.2 Å². The molecule has 0 saturated carbocycles. The number of hydrogen-bond acceptors (Lipinski definition) is 3. The number of benzene rings is 1. The highest BCUT2D eigenvalue weighted by molar-refractivity contribution is 9.10. The van der Waals surface area contributed by atoms with Crippen LogP contribution >= 0.6 is 15.9 Å². The summed E-state index contributed by atoms with van der Waals surface area (Å²) in [5.41, 5.74) is 2.51. The number of halogens is 1. The summed E-state index contributed by atoms with van der Waals surface area (Å²) in [6.07, 6.45) is 1.71. The Morgan fingerprint density at radius 1 is 1.32 bits per heavy atom. The van der Waals surface area contributed by atoms with Crippen LogP contribution in [0.25, 0.3) is 0 Å². The third kappa shape index (κ3) is 3.85. The van der Waals surface area contributed by atoms with Crippen molar-refractivity contribution in [3.05, 3.63) is 52.4 Å². The average molecular weight is 323 g/mol. The van der Waals surface area contributed by atoms with Crippen LogP contribution in [0.4, 0.5) is 5.69 Å². The van der Waals surface area contributed by atoms with Crippen LogP contribution in [-0.4, -0.2) is 13.6 Å². The van der Waals surface area contributed by atoms with Gasteiger partial charge in [0.05, 0.1) is 12.8 Å². The summed E-state index contributed by atoms with van der Waals surface area (Å²) in [7, 11) is 2.08. The van der Waals surface area contributed by atoms with E-state index in [4.69, 9.17) is 4.42 Å². The fourth-order valence-electron chi connectivity index (χ4n) is 2.05. The minimum absolute atomic E-state index is 0.772. The molecule has 0 unspecified atom stereocenters. The van der Waals surface area contributed by atoms with Crippen molar-refractivity contribution in [2.24, 2.45) is 0 Å². The standard InChI is InChI=1S/C15H19BrN2O/c1-3-17-10-12-9-13(16)6-7-15(12)18(2)11-14-5-4-8-19-14/h4-9,17H,3,10-11H2,1-2H3. The molecular formula is C15H19BrN2O. The van der Waals surface area contributed by atoms with Crippen LogP contribution in [0.15, 0.2) is 45.5 Å². The molecule has 0 saturated heterocycles. The van der Waals surface area contributed by atoms with Crippen molar-refractivity contribution in [3.8, 4) is 0 Å². The highest BCUT2D eigenvalue weighted by atomic mass is 79.9. The van der Waals surface area contributed by atoms with E-state index in [1.807, 2.05) is 12.1 Å². The van der Waals surface area contributed by atoms with Crippen molar-refractivity contribution in [2.45, 2.75) is 20.0 Å². The minimum atomic E-state index is 0.772. The fraction of sp³-hybridized carbons (Fsp3) is 0.333. The van der Waals surface area contributed by atoms with Gasteiger partial charge in [0.1, 0.15) is 5.76 Å². The van der Waals surface area contributed by atoms with Gasteiger partial charge in [0, 0.05) is 23.8 Å². The summed E-state index contributed by atoms with van der Waals surface area (Å²) in [6, 6.07) is 10.3. The monoisotopic (exact) mass is 322 g/mol. The molecule has 0 aliphatic rings. The zero-order chi connectivity index (χ0) is 13.7. The van der Waals surface area contributed by atoms with E-state index < -0.39 is 0 Å². The van der Waals surface area contributed by atoms with Gasteiger partial charge in [-0.3, -0.25) is 0 Å². The molecule has 2 rings (SSSR count). The zero-order valence-electron chi connectivity index (χ0n) is 11.3. The first-order valence-electron chi connectivity index (χ1n) is 6.43. The van der Waals surface area contributed by atoms with Gasteiger partial charge in [0.15, 0.2) is 0 Å². The Kier molecular flexibility index (Phi) is 5.05. The maximum absolute atomic E-state index is 5.40. The molecule has 0 spiro atoms. The van der Waals surface area contributed by atoms with Gasteiger partial charge in [0.25, 0.3) is 0 Å². The number of nitrogens with one attached hydrogen (secondary N) is 1. The molecule has 1 N–H and O–H groups in total. The van der Waals surface area contributed by atoms with Crippen molar-refractivity contribution in [2.75, 3.05) is 18.5 Å². The first-order chi connectivity index (χ1) is 9.20. The minimum Gasteiger partial charge on any atom is -0.467 e. The molecule has 0 atom stereocenters. The van der Waals surface area contributed by atoms with E-state index in [0.29, 0.717) is 0 Å². The molecule has 0 fully saturated rings. The second kappa shape index (κ2) is 6.78. The molecule has 0 aliphatic heterocycles. The zero-order valence-corrected chi connectivity index (χ0v) is 12.9. The molecule has 4 heteroatoms. The predicted molar refractivity (Wildman–Crippen MR) is 82.3 cm³/mol. The Balaban J connectivity index is 2.17. The van der Waals surface area contributed by atoms with E-state index in [1.165, 1.54) is 11.3 Å². The molecule has 0 amide bonds. The third-order valence-electron chi connectivity index (χ3n) is 2.99. The van der Waals surface area contributed by atoms with E-state index in [0.717, 1.165) is 29.9 Å². The molecular weight excluding hydrogens is 304 g/mol. The fourth-order valence-corrected chi connectivity index (χ4v) is 2.46. The van der Waals surface area contributed by atoms with Crippen LogP contribution in [0.2, 0.25) is 0 Å². The smallest absolute Gasteiger partial charge is 0.123 e. The van der Waals surface area contributed by atoms with E-state index >= 15 is 0 Å². The molecule has 0 radical (unpaired) electrons. The van der Waals surface area contributed by atoms with Gasteiger partial charge < -0.3 is 14.6 Å². The molecule has 1 aromatic heterocycles. The first-order valence-corrected chi connectivity index (χ1v) is 7.22. The second-order valence-electron chi connectivity index (χ2n) is 4.49. The van der Waals surface area contributed by atoms with E-state index in [1.54, 1.807) is 6.26 Å². The number of anilines is 1. The average Bonchev–Trinajstić information content (AvgIpc) is 2.89. The van der Waals surface area contributed by atoms with Crippen LogP contribution in [0.5, 0.6) is 0 Å². The molecule has 0 aliphatic carbocycles. The number of furan rings is 1. The quantitative estimate of drug-likeness (QED) is 0.877. The maximum atomic E-state index is 5.40. The molecule has 19 heavy (non-hydrogen) atoms. The van der Waals surface area contributed by atoms with Crippen molar-refractivity contribution >= 4 is 21.6 Å². The summed E-state index contributed by atoms with van der Waals surface area (Å²) in [5.74, 6) is 0.972. The Bertz CT molecular complexity index is 511. The highest BCUT2D eigenvalue weighted by Crippen LogP contribution is 2.25. The van der Waals surface area contributed by atoms with Crippen molar-refractivity contribution < 1.29 is 4.42 Å². The second-order valence-corrected chi connectivity index (χ2v) is 5.40. The number of nitrogens with zero attached hydrogens (tertiary/aromatic N) is 1. The van der Waals surface area contributed by atoms with Gasteiger partial charge in [-0.05, 0) is 42.4 Å². The highest BCUT2D eigenvalue weighted by Gasteiger charge is 2.09. The van der Waals surface area contributed by atoms with Crippen LogP contribution in [0.1, 0.15) is 18.2 Å². The van der Waals surface area contributed by atoms with Crippen LogP contribution in [0, 0.1) is 0 Å². The van der Waals surface area contributed by atoms with E-state index in [9.17, 15) is 0 Å². The summed E-state index contributed by atoms with van der Waals surface area (Å²) in [6.45, 7) is 4.72. The third-order valence-corrected chi connectivity index (χ3v) is 3.48. The van der Waals surface area contributed by atoms with Crippen molar-refractivity contribution in [3.63, 3.8) is 0 Å². The molecule has 2 aromatic rings. The van der Waals surface area contributed by atoms with Gasteiger partial charge in [-0.15, -0.1) is 0 Å². The van der Waals surface area contributed by atoms with E-state index in [-0.39, 0.29) is 0 Å². The van der Waals surface area contributed by atoms with Gasteiger partial charge in [-0.2, -0.15) is 0 Å². The molecule has 0 bridgehead atoms. The predicted octanol–water partition coefficient (Wildman–Crippen LogP) is 3.79. The van der Waals surface area contributed by atoms with Gasteiger partial charge in [-0.1, -0.05) is 22.9 Å². The van der Waals surface area contributed by atoms with Crippen molar-refractivity contribution in [1.29, 1.82) is 0 Å². The summed E-state index contributed by atoms with van der Waals surface area (Å²) in [5, 5.41) is 3.37. The molecule has 1 heterocycles. The molecule has 1 aromatic carbocycles. The topological polar surface area (TPSA) is 28.4 Å². The SMILES string of the molecule is CCNCc1cc(Br)ccc1N(C)Cc1ccco1. The maximum Gasteiger partial charge on any atom is 0.123 e. The molecule has 3 nitrogen and oxygen atoms in total. The normalized spacial score (nSPS) is 10.7. The lowest BCUT2D eigenvalue weighted by molar-refractivity contribution is 0.507. The Morgan fingerprint density at radius 3 is 2.84 bits per heavy atom. The lowest BCUT2D eigenvalue weighted by Crippen LogP contribution is -2.20. The number of hydrogen-bond donors (Lipinski definition) is 1. The lowest BCUT2D eigenvalue weighted by atomic mass is 10.1. The van der Waals surface area contributed by atoms with Gasteiger partial charge in [0.2, 0.25) is 0 Å². The molecule has 102 valence electrons. The Labute approximate surface area is 122 Å². The van der Waals surface area contributed by atoms with Crippen LogP contribution in [0.3, 0.4) is 0 Å². The van der Waals surface area contributed by atoms with Crippen molar-refractivity contribution in [1.82, 2.24) is 5.32 Å².